The van der Waals surface area contributed by atoms with Crippen LogP contribution in [0.3, 0.4) is 0 Å². The summed E-state index contributed by atoms with van der Waals surface area (Å²) in [6, 6.07) is 5.37. The van der Waals surface area contributed by atoms with Crippen LogP contribution >= 0.6 is 10.7 Å². The van der Waals surface area contributed by atoms with Gasteiger partial charge >= 0.3 is 0 Å². The number of fused-ring (bicyclic) bond motifs is 1. The third-order valence-corrected chi connectivity index (χ3v) is 4.47. The van der Waals surface area contributed by atoms with Crippen molar-refractivity contribution in [2.24, 2.45) is 0 Å². The van der Waals surface area contributed by atoms with Crippen molar-refractivity contribution in [1.82, 2.24) is 4.57 Å². The van der Waals surface area contributed by atoms with Crippen molar-refractivity contribution < 1.29 is 17.9 Å². The van der Waals surface area contributed by atoms with Gasteiger partial charge in [0.2, 0.25) is 0 Å². The van der Waals surface area contributed by atoms with Gasteiger partial charge in [-0.15, -0.1) is 0 Å². The molecule has 1 heterocycles. The zero-order chi connectivity index (χ0) is 15.5. The van der Waals surface area contributed by atoms with E-state index in [1.54, 1.807) is 6.07 Å². The molecule has 2 rings (SSSR count). The molecule has 7 heteroatoms. The molecule has 5 nitrogen and oxygen atoms in total. The summed E-state index contributed by atoms with van der Waals surface area (Å²) in [5.41, 5.74) is 0.758. The van der Waals surface area contributed by atoms with Gasteiger partial charge in [-0.05, 0) is 18.6 Å². The smallest absolute Gasteiger partial charge is 0.263 e. The third kappa shape index (κ3) is 3.51. The first-order valence-electron chi connectivity index (χ1n) is 6.67. The Morgan fingerprint density at radius 1 is 1.29 bits per heavy atom. The van der Waals surface area contributed by atoms with Crippen LogP contribution in [0.4, 0.5) is 0 Å². The van der Waals surface area contributed by atoms with Gasteiger partial charge in [0.15, 0.2) is 0 Å². The zero-order valence-electron chi connectivity index (χ0n) is 12.0. The molecular weight excluding hydrogens is 314 g/mol. The van der Waals surface area contributed by atoms with E-state index in [1.165, 1.54) is 13.3 Å². The van der Waals surface area contributed by atoms with Crippen molar-refractivity contribution in [3.8, 4) is 5.75 Å². The van der Waals surface area contributed by atoms with Crippen LogP contribution in [-0.4, -0.2) is 33.3 Å². The Balaban J connectivity index is 2.48. The fourth-order valence-corrected chi connectivity index (χ4v) is 3.28. The van der Waals surface area contributed by atoms with Crippen LogP contribution in [0, 0.1) is 0 Å². The molecule has 0 bridgehead atoms. The topological polar surface area (TPSA) is 57.5 Å². The molecule has 1 aromatic carbocycles. The second-order valence-corrected chi connectivity index (χ2v) is 7.13. The molecule has 2 aromatic rings. The lowest BCUT2D eigenvalue weighted by atomic mass is 10.2. The molecule has 1 aromatic heterocycles. The van der Waals surface area contributed by atoms with E-state index in [-0.39, 0.29) is 4.90 Å². The molecule has 0 spiro atoms. The lowest BCUT2D eigenvalue weighted by Gasteiger charge is -2.07. The Labute approximate surface area is 128 Å². The van der Waals surface area contributed by atoms with E-state index < -0.39 is 9.05 Å². The molecule has 116 valence electrons. The van der Waals surface area contributed by atoms with Crippen LogP contribution in [0.1, 0.15) is 13.3 Å². The molecule has 0 saturated carbocycles. The molecule has 0 aliphatic rings. The quantitative estimate of drug-likeness (QED) is 0.578. The van der Waals surface area contributed by atoms with Crippen molar-refractivity contribution >= 4 is 30.6 Å². The molecule has 0 atom stereocenters. The van der Waals surface area contributed by atoms with Crippen molar-refractivity contribution in [3.05, 3.63) is 24.4 Å². The predicted molar refractivity (Wildman–Crippen MR) is 82.6 cm³/mol. The molecule has 21 heavy (non-hydrogen) atoms. The molecule has 0 unspecified atom stereocenters. The van der Waals surface area contributed by atoms with Crippen LogP contribution in [0.5, 0.6) is 5.75 Å². The van der Waals surface area contributed by atoms with E-state index in [4.69, 9.17) is 20.2 Å². The Morgan fingerprint density at radius 2 is 2.05 bits per heavy atom. The maximum absolute atomic E-state index is 11.8. The summed E-state index contributed by atoms with van der Waals surface area (Å²) >= 11 is 0. The number of ether oxygens (including phenoxy) is 2. The van der Waals surface area contributed by atoms with E-state index in [2.05, 4.69) is 0 Å². The van der Waals surface area contributed by atoms with E-state index in [0.29, 0.717) is 30.9 Å². The SMILES string of the molecule is CCCOCCn1cc(S(=O)(=O)Cl)c2c(OC)cccc21. The molecule has 0 aliphatic carbocycles. The van der Waals surface area contributed by atoms with Crippen LogP contribution in [0.2, 0.25) is 0 Å². The standard InChI is InChI=1S/C14H18ClNO4S/c1-3-8-20-9-7-16-10-13(21(15,17)18)14-11(16)5-4-6-12(14)19-2/h4-6,10H,3,7-9H2,1-2H3. The Bertz CT molecular complexity index is 724. The molecule has 0 aliphatic heterocycles. The highest BCUT2D eigenvalue weighted by Crippen LogP contribution is 2.34. The molecule has 0 saturated heterocycles. The number of halogens is 1. The first-order valence-corrected chi connectivity index (χ1v) is 8.98. The Hall–Kier alpha value is -1.24. The van der Waals surface area contributed by atoms with Crippen molar-refractivity contribution in [1.29, 1.82) is 0 Å². The summed E-state index contributed by atoms with van der Waals surface area (Å²) in [7, 11) is 3.19. The largest absolute Gasteiger partial charge is 0.496 e. The maximum Gasteiger partial charge on any atom is 0.263 e. The number of nitrogens with zero attached hydrogens (tertiary/aromatic N) is 1. The number of hydrogen-bond acceptors (Lipinski definition) is 4. The first kappa shape index (κ1) is 16.1. The van der Waals surface area contributed by atoms with E-state index >= 15 is 0 Å². The highest BCUT2D eigenvalue weighted by atomic mass is 35.7. The van der Waals surface area contributed by atoms with Crippen LogP contribution in [0.15, 0.2) is 29.3 Å². The number of rotatable bonds is 7. The molecule has 0 N–H and O–H groups in total. The van der Waals surface area contributed by atoms with Crippen LogP contribution in [0.25, 0.3) is 10.9 Å². The number of benzene rings is 1. The minimum atomic E-state index is -3.85. The Morgan fingerprint density at radius 3 is 2.67 bits per heavy atom. The number of hydrogen-bond donors (Lipinski definition) is 0. The fourth-order valence-electron chi connectivity index (χ4n) is 2.23. The van der Waals surface area contributed by atoms with Gasteiger partial charge < -0.3 is 14.0 Å². The lowest BCUT2D eigenvalue weighted by molar-refractivity contribution is 0.127. The van der Waals surface area contributed by atoms with Crippen molar-refractivity contribution in [2.75, 3.05) is 20.3 Å². The van der Waals surface area contributed by atoms with E-state index in [1.807, 2.05) is 23.6 Å². The highest BCUT2D eigenvalue weighted by Gasteiger charge is 2.21. The van der Waals surface area contributed by atoms with Gasteiger partial charge in [-0.3, -0.25) is 0 Å². The Kier molecular flexibility index (Phi) is 5.13. The zero-order valence-corrected chi connectivity index (χ0v) is 13.6. The lowest BCUT2D eigenvalue weighted by Crippen LogP contribution is -2.05. The summed E-state index contributed by atoms with van der Waals surface area (Å²) in [6.45, 7) is 3.78. The summed E-state index contributed by atoms with van der Waals surface area (Å²) < 4.78 is 36.1. The minimum Gasteiger partial charge on any atom is -0.496 e. The van der Waals surface area contributed by atoms with E-state index in [0.717, 1.165) is 11.9 Å². The first-order chi connectivity index (χ1) is 9.99. The molecule has 0 radical (unpaired) electrons. The van der Waals surface area contributed by atoms with Gasteiger partial charge in [-0.1, -0.05) is 13.0 Å². The van der Waals surface area contributed by atoms with Crippen LogP contribution in [-0.2, 0) is 20.3 Å². The van der Waals surface area contributed by atoms with Gasteiger partial charge in [0.05, 0.1) is 24.6 Å². The maximum atomic E-state index is 11.8. The third-order valence-electron chi connectivity index (χ3n) is 3.14. The molecule has 0 fully saturated rings. The average Bonchev–Trinajstić information content (AvgIpc) is 2.82. The van der Waals surface area contributed by atoms with Gasteiger partial charge in [0, 0.05) is 30.0 Å². The second kappa shape index (κ2) is 6.68. The predicted octanol–water partition coefficient (Wildman–Crippen LogP) is 3.00. The second-order valence-electron chi connectivity index (χ2n) is 4.59. The van der Waals surface area contributed by atoms with Crippen LogP contribution < -0.4 is 4.74 Å². The number of methoxy groups -OCH3 is 1. The highest BCUT2D eigenvalue weighted by molar-refractivity contribution is 8.14. The van der Waals surface area contributed by atoms with Gasteiger partial charge in [-0.2, -0.15) is 0 Å². The summed E-state index contributed by atoms with van der Waals surface area (Å²) in [4.78, 5) is 0.0621. The summed E-state index contributed by atoms with van der Waals surface area (Å²) in [6.07, 6.45) is 2.48. The fraction of sp³-hybridized carbons (Fsp3) is 0.429. The van der Waals surface area contributed by atoms with Gasteiger partial charge in [-0.25, -0.2) is 8.42 Å². The molecule has 0 amide bonds. The van der Waals surface area contributed by atoms with Gasteiger partial charge in [0.1, 0.15) is 10.6 Å². The monoisotopic (exact) mass is 331 g/mol. The van der Waals surface area contributed by atoms with Crippen molar-refractivity contribution in [3.63, 3.8) is 0 Å². The summed E-state index contributed by atoms with van der Waals surface area (Å²) in [5, 5.41) is 0.505. The molecular formula is C14H18ClNO4S. The summed E-state index contributed by atoms with van der Waals surface area (Å²) in [5.74, 6) is 0.486. The number of aromatic nitrogens is 1. The van der Waals surface area contributed by atoms with Gasteiger partial charge in [0.25, 0.3) is 9.05 Å². The minimum absolute atomic E-state index is 0.0621. The van der Waals surface area contributed by atoms with E-state index in [9.17, 15) is 8.42 Å². The average molecular weight is 332 g/mol. The van der Waals surface area contributed by atoms with Crippen molar-refractivity contribution in [2.45, 2.75) is 24.8 Å². The normalized spacial score (nSPS) is 12.0.